The van der Waals surface area contributed by atoms with Gasteiger partial charge in [-0.1, -0.05) is 30.3 Å². The zero-order valence-corrected chi connectivity index (χ0v) is 16.8. The van der Waals surface area contributed by atoms with Gasteiger partial charge >= 0.3 is 0 Å². The Hall–Kier alpha value is -3.41. The molecule has 0 unspecified atom stereocenters. The first-order valence-corrected chi connectivity index (χ1v) is 9.86. The first-order chi connectivity index (χ1) is 14.1. The Labute approximate surface area is 171 Å². The van der Waals surface area contributed by atoms with Crippen molar-refractivity contribution in [1.29, 1.82) is 0 Å². The SMILES string of the molecule is Cc1cccc(N2CCN(c3cnc(C(=O)Nc4ccccc4)cn3)CC2)c1C. The number of hydrogen-bond donors (Lipinski definition) is 1. The molecule has 6 nitrogen and oxygen atoms in total. The fourth-order valence-electron chi connectivity index (χ4n) is 3.57. The van der Waals surface area contributed by atoms with Crippen LogP contribution in [-0.4, -0.2) is 42.1 Å². The Balaban J connectivity index is 1.38. The fourth-order valence-corrected chi connectivity index (χ4v) is 3.57. The average molecular weight is 387 g/mol. The predicted octanol–water partition coefficient (Wildman–Crippen LogP) is 3.67. The lowest BCUT2D eigenvalue weighted by Gasteiger charge is -2.37. The Bertz CT molecular complexity index is 980. The molecular formula is C23H25N5O. The molecule has 1 aliphatic heterocycles. The molecule has 0 spiro atoms. The molecule has 1 saturated heterocycles. The van der Waals surface area contributed by atoms with Crippen LogP contribution in [0, 0.1) is 13.8 Å². The Morgan fingerprint density at radius 2 is 1.59 bits per heavy atom. The van der Waals surface area contributed by atoms with Gasteiger partial charge in [-0.2, -0.15) is 0 Å². The predicted molar refractivity (Wildman–Crippen MR) is 117 cm³/mol. The van der Waals surface area contributed by atoms with E-state index in [2.05, 4.69) is 57.1 Å². The number of benzene rings is 2. The van der Waals surface area contributed by atoms with Crippen molar-refractivity contribution in [1.82, 2.24) is 9.97 Å². The van der Waals surface area contributed by atoms with Gasteiger partial charge in [-0.3, -0.25) is 4.79 Å². The standard InChI is InChI=1S/C23H25N5O/c1-17-7-6-10-21(18(17)2)27-11-13-28(14-12-27)22-16-24-20(15-25-22)23(29)26-19-8-4-3-5-9-19/h3-10,15-16H,11-14H2,1-2H3,(H,26,29). The molecule has 0 aliphatic carbocycles. The summed E-state index contributed by atoms with van der Waals surface area (Å²) in [6.07, 6.45) is 3.23. The minimum Gasteiger partial charge on any atom is -0.368 e. The van der Waals surface area contributed by atoms with Crippen LogP contribution in [0.3, 0.4) is 0 Å². The molecule has 2 aromatic carbocycles. The molecule has 3 aromatic rings. The van der Waals surface area contributed by atoms with Gasteiger partial charge in [0.2, 0.25) is 0 Å². The lowest BCUT2D eigenvalue weighted by Crippen LogP contribution is -2.47. The van der Waals surface area contributed by atoms with E-state index in [1.807, 2.05) is 30.3 Å². The highest BCUT2D eigenvalue weighted by molar-refractivity contribution is 6.02. The second-order valence-corrected chi connectivity index (χ2v) is 7.27. The van der Waals surface area contributed by atoms with Crippen LogP contribution in [0.15, 0.2) is 60.9 Å². The first-order valence-electron chi connectivity index (χ1n) is 9.86. The van der Waals surface area contributed by atoms with E-state index in [4.69, 9.17) is 0 Å². The maximum absolute atomic E-state index is 12.3. The van der Waals surface area contributed by atoms with E-state index in [-0.39, 0.29) is 5.91 Å². The van der Waals surface area contributed by atoms with Crippen LogP contribution in [0.4, 0.5) is 17.2 Å². The van der Waals surface area contributed by atoms with Crippen LogP contribution in [0.5, 0.6) is 0 Å². The number of nitrogens with zero attached hydrogens (tertiary/aromatic N) is 4. The number of amides is 1. The maximum Gasteiger partial charge on any atom is 0.275 e. The van der Waals surface area contributed by atoms with Crippen molar-refractivity contribution in [2.75, 3.05) is 41.3 Å². The van der Waals surface area contributed by atoms with E-state index in [9.17, 15) is 4.79 Å². The van der Waals surface area contributed by atoms with Gasteiger partial charge in [0.25, 0.3) is 5.91 Å². The van der Waals surface area contributed by atoms with Crippen molar-refractivity contribution in [2.45, 2.75) is 13.8 Å². The zero-order chi connectivity index (χ0) is 20.2. The molecule has 1 amide bonds. The molecule has 0 atom stereocenters. The quantitative estimate of drug-likeness (QED) is 0.740. The van der Waals surface area contributed by atoms with Crippen molar-refractivity contribution < 1.29 is 4.79 Å². The third-order valence-corrected chi connectivity index (χ3v) is 5.42. The monoisotopic (exact) mass is 387 g/mol. The van der Waals surface area contributed by atoms with Crippen molar-refractivity contribution in [3.8, 4) is 0 Å². The zero-order valence-electron chi connectivity index (χ0n) is 16.8. The summed E-state index contributed by atoms with van der Waals surface area (Å²) in [4.78, 5) is 25.8. The highest BCUT2D eigenvalue weighted by Gasteiger charge is 2.20. The van der Waals surface area contributed by atoms with Crippen molar-refractivity contribution in [3.05, 3.63) is 77.7 Å². The molecule has 148 valence electrons. The third-order valence-electron chi connectivity index (χ3n) is 5.42. The number of carbonyl (C=O) groups is 1. The number of aryl methyl sites for hydroxylation is 1. The molecule has 1 aromatic heterocycles. The minimum atomic E-state index is -0.255. The molecule has 1 N–H and O–H groups in total. The molecule has 1 aliphatic rings. The van der Waals surface area contributed by atoms with Gasteiger partial charge in [-0.25, -0.2) is 9.97 Å². The van der Waals surface area contributed by atoms with E-state index >= 15 is 0 Å². The van der Waals surface area contributed by atoms with Gasteiger partial charge in [-0.15, -0.1) is 0 Å². The Morgan fingerprint density at radius 3 is 2.28 bits per heavy atom. The number of carbonyl (C=O) groups excluding carboxylic acids is 1. The summed E-state index contributed by atoms with van der Waals surface area (Å²) in [6.45, 7) is 7.95. The van der Waals surface area contributed by atoms with E-state index < -0.39 is 0 Å². The van der Waals surface area contributed by atoms with Crippen LogP contribution in [-0.2, 0) is 0 Å². The van der Waals surface area contributed by atoms with Crippen molar-refractivity contribution >= 4 is 23.1 Å². The smallest absolute Gasteiger partial charge is 0.275 e. The number of rotatable bonds is 4. The van der Waals surface area contributed by atoms with Crippen LogP contribution in [0.2, 0.25) is 0 Å². The lowest BCUT2D eigenvalue weighted by molar-refractivity contribution is 0.102. The molecule has 2 heterocycles. The average Bonchev–Trinajstić information content (AvgIpc) is 2.77. The van der Waals surface area contributed by atoms with Gasteiger partial charge in [0.05, 0.1) is 12.4 Å². The van der Waals surface area contributed by atoms with Gasteiger partial charge in [-0.05, 0) is 43.2 Å². The van der Waals surface area contributed by atoms with E-state index in [1.165, 1.54) is 16.8 Å². The molecular weight excluding hydrogens is 362 g/mol. The number of aromatic nitrogens is 2. The summed E-state index contributed by atoms with van der Waals surface area (Å²) >= 11 is 0. The fraction of sp³-hybridized carbons (Fsp3) is 0.261. The molecule has 29 heavy (non-hydrogen) atoms. The third kappa shape index (κ3) is 4.21. The molecule has 1 fully saturated rings. The number of nitrogens with one attached hydrogen (secondary N) is 1. The maximum atomic E-state index is 12.3. The summed E-state index contributed by atoms with van der Waals surface area (Å²) in [7, 11) is 0. The van der Waals surface area contributed by atoms with E-state index in [0.29, 0.717) is 5.69 Å². The molecule has 0 radical (unpaired) electrons. The number of hydrogen-bond acceptors (Lipinski definition) is 5. The molecule has 4 rings (SSSR count). The Morgan fingerprint density at radius 1 is 0.862 bits per heavy atom. The van der Waals surface area contributed by atoms with Crippen LogP contribution >= 0.6 is 0 Å². The highest BCUT2D eigenvalue weighted by atomic mass is 16.1. The van der Waals surface area contributed by atoms with Gasteiger partial charge in [0, 0.05) is 37.6 Å². The van der Waals surface area contributed by atoms with Gasteiger partial charge < -0.3 is 15.1 Å². The largest absolute Gasteiger partial charge is 0.368 e. The normalized spacial score (nSPS) is 14.0. The van der Waals surface area contributed by atoms with E-state index in [1.54, 1.807) is 12.4 Å². The summed E-state index contributed by atoms with van der Waals surface area (Å²) in [5.74, 6) is 0.553. The van der Waals surface area contributed by atoms with Gasteiger partial charge in [0.1, 0.15) is 11.5 Å². The highest BCUT2D eigenvalue weighted by Crippen LogP contribution is 2.24. The minimum absolute atomic E-state index is 0.255. The second kappa shape index (κ2) is 8.31. The summed E-state index contributed by atoms with van der Waals surface area (Å²) < 4.78 is 0. The van der Waals surface area contributed by atoms with Crippen LogP contribution in [0.25, 0.3) is 0 Å². The van der Waals surface area contributed by atoms with Crippen LogP contribution < -0.4 is 15.1 Å². The van der Waals surface area contributed by atoms with Crippen LogP contribution in [0.1, 0.15) is 21.6 Å². The first kappa shape index (κ1) is 18.9. The lowest BCUT2D eigenvalue weighted by atomic mass is 10.1. The molecule has 0 saturated carbocycles. The number of piperazine rings is 1. The van der Waals surface area contributed by atoms with Gasteiger partial charge in [0.15, 0.2) is 0 Å². The number of para-hydroxylation sites is 1. The number of anilines is 3. The molecule has 0 bridgehead atoms. The Kier molecular flexibility index (Phi) is 5.42. The van der Waals surface area contributed by atoms with Crippen molar-refractivity contribution in [3.63, 3.8) is 0 Å². The second-order valence-electron chi connectivity index (χ2n) is 7.27. The van der Waals surface area contributed by atoms with E-state index in [0.717, 1.165) is 37.7 Å². The molecule has 6 heteroatoms. The summed E-state index contributed by atoms with van der Waals surface area (Å²) in [6, 6.07) is 15.8. The van der Waals surface area contributed by atoms with Crippen molar-refractivity contribution in [2.24, 2.45) is 0 Å². The summed E-state index contributed by atoms with van der Waals surface area (Å²) in [5.41, 5.74) is 5.02. The topological polar surface area (TPSA) is 61.4 Å². The summed E-state index contributed by atoms with van der Waals surface area (Å²) in [5, 5.41) is 2.83.